The third-order valence-electron chi connectivity index (χ3n) is 4.02. The molecular weight excluding hydrogens is 288 g/mol. The summed E-state index contributed by atoms with van der Waals surface area (Å²) in [5.74, 6) is 0.871. The summed E-state index contributed by atoms with van der Waals surface area (Å²) < 4.78 is 5.61. The molecule has 2 atom stereocenters. The Labute approximate surface area is 131 Å². The molecule has 0 aliphatic heterocycles. The van der Waals surface area contributed by atoms with Gasteiger partial charge in [0.1, 0.15) is 12.4 Å². The van der Waals surface area contributed by atoms with E-state index in [9.17, 15) is 4.79 Å². The van der Waals surface area contributed by atoms with Gasteiger partial charge in [0, 0.05) is 18.1 Å². The smallest absolute Gasteiger partial charge is 0.227 e. The fourth-order valence-electron chi connectivity index (χ4n) is 2.69. The van der Waals surface area contributed by atoms with E-state index in [2.05, 4.69) is 0 Å². The van der Waals surface area contributed by atoms with E-state index in [1.165, 1.54) is 0 Å². The molecule has 1 fully saturated rings. The number of halogens is 1. The number of benzene rings is 1. The third kappa shape index (κ3) is 4.61. The number of nitrogens with two attached hydrogens (primary N) is 1. The summed E-state index contributed by atoms with van der Waals surface area (Å²) in [5.41, 5.74) is 6.06. The largest absolute Gasteiger partial charge is 0.492 e. The van der Waals surface area contributed by atoms with Gasteiger partial charge in [0.25, 0.3) is 0 Å². The molecule has 1 aliphatic rings. The molecule has 1 aliphatic carbocycles. The van der Waals surface area contributed by atoms with E-state index < -0.39 is 0 Å². The SMILES string of the molecule is CN(CCOc1ccc(Cl)cc1)C(=O)C1CCCCC1N. The highest BCUT2D eigenvalue weighted by Crippen LogP contribution is 2.24. The van der Waals surface area contributed by atoms with Crippen molar-refractivity contribution in [1.82, 2.24) is 4.90 Å². The fraction of sp³-hybridized carbons (Fsp3) is 0.562. The Morgan fingerprint density at radius 1 is 1.33 bits per heavy atom. The zero-order valence-corrected chi connectivity index (χ0v) is 13.2. The van der Waals surface area contributed by atoms with Crippen molar-refractivity contribution in [2.75, 3.05) is 20.2 Å². The highest BCUT2D eigenvalue weighted by molar-refractivity contribution is 6.30. The molecule has 2 unspecified atom stereocenters. The van der Waals surface area contributed by atoms with Crippen LogP contribution >= 0.6 is 11.6 Å². The van der Waals surface area contributed by atoms with Gasteiger partial charge in [-0.3, -0.25) is 4.79 Å². The fourth-order valence-corrected chi connectivity index (χ4v) is 2.82. The third-order valence-corrected chi connectivity index (χ3v) is 4.27. The minimum absolute atomic E-state index is 0.00545. The Morgan fingerprint density at radius 3 is 2.67 bits per heavy atom. The first kappa shape index (κ1) is 16.1. The highest BCUT2D eigenvalue weighted by Gasteiger charge is 2.30. The number of hydrogen-bond acceptors (Lipinski definition) is 3. The predicted molar refractivity (Wildman–Crippen MR) is 84.5 cm³/mol. The topological polar surface area (TPSA) is 55.6 Å². The Morgan fingerprint density at radius 2 is 2.00 bits per heavy atom. The van der Waals surface area contributed by atoms with Crippen molar-refractivity contribution in [3.8, 4) is 5.75 Å². The van der Waals surface area contributed by atoms with Gasteiger partial charge in [0.2, 0.25) is 5.91 Å². The first-order valence-electron chi connectivity index (χ1n) is 7.47. The van der Waals surface area contributed by atoms with E-state index in [4.69, 9.17) is 22.1 Å². The first-order valence-corrected chi connectivity index (χ1v) is 7.84. The van der Waals surface area contributed by atoms with Gasteiger partial charge in [-0.25, -0.2) is 0 Å². The summed E-state index contributed by atoms with van der Waals surface area (Å²) >= 11 is 5.82. The van der Waals surface area contributed by atoms with Crippen LogP contribution in [0.1, 0.15) is 25.7 Å². The molecule has 4 nitrogen and oxygen atoms in total. The van der Waals surface area contributed by atoms with Crippen molar-refractivity contribution in [3.05, 3.63) is 29.3 Å². The lowest BCUT2D eigenvalue weighted by Gasteiger charge is -2.31. The molecule has 2 rings (SSSR count). The van der Waals surface area contributed by atoms with Gasteiger partial charge in [-0.1, -0.05) is 24.4 Å². The second-order valence-corrected chi connectivity index (χ2v) is 6.05. The number of hydrogen-bond donors (Lipinski definition) is 1. The maximum absolute atomic E-state index is 12.4. The molecule has 0 bridgehead atoms. The number of nitrogens with zero attached hydrogens (tertiary/aromatic N) is 1. The molecule has 0 spiro atoms. The summed E-state index contributed by atoms with van der Waals surface area (Å²) in [6.45, 7) is 1.02. The van der Waals surface area contributed by atoms with Crippen LogP contribution in [0.3, 0.4) is 0 Å². The van der Waals surface area contributed by atoms with Crippen molar-refractivity contribution in [3.63, 3.8) is 0 Å². The molecule has 0 aromatic heterocycles. The van der Waals surface area contributed by atoms with E-state index in [-0.39, 0.29) is 17.9 Å². The number of rotatable bonds is 5. The first-order chi connectivity index (χ1) is 10.1. The number of likely N-dealkylation sites (N-methyl/N-ethyl adjacent to an activating group) is 1. The number of carbonyl (C=O) groups is 1. The van der Waals surface area contributed by atoms with Gasteiger partial charge in [0.05, 0.1) is 12.5 Å². The summed E-state index contributed by atoms with van der Waals surface area (Å²) in [6.07, 6.45) is 4.08. The molecule has 1 aromatic rings. The minimum Gasteiger partial charge on any atom is -0.492 e. The lowest BCUT2D eigenvalue weighted by atomic mass is 9.84. The molecule has 0 saturated heterocycles. The number of carbonyl (C=O) groups excluding carboxylic acids is 1. The normalized spacial score (nSPS) is 21.9. The molecular formula is C16H23ClN2O2. The molecule has 116 valence electrons. The van der Waals surface area contributed by atoms with Gasteiger partial charge in [0.15, 0.2) is 0 Å². The summed E-state index contributed by atoms with van der Waals surface area (Å²) in [7, 11) is 1.81. The highest BCUT2D eigenvalue weighted by atomic mass is 35.5. The zero-order chi connectivity index (χ0) is 15.2. The van der Waals surface area contributed by atoms with Gasteiger partial charge in [-0.15, -0.1) is 0 Å². The lowest BCUT2D eigenvalue weighted by molar-refractivity contribution is -0.136. The van der Waals surface area contributed by atoms with Crippen LogP contribution in [0.4, 0.5) is 0 Å². The van der Waals surface area contributed by atoms with Crippen LogP contribution in [0.15, 0.2) is 24.3 Å². The van der Waals surface area contributed by atoms with Gasteiger partial charge in [-0.05, 0) is 37.1 Å². The van der Waals surface area contributed by atoms with Crippen LogP contribution in [0.25, 0.3) is 0 Å². The molecule has 1 aromatic carbocycles. The maximum Gasteiger partial charge on any atom is 0.227 e. The van der Waals surface area contributed by atoms with Crippen LogP contribution in [0, 0.1) is 5.92 Å². The van der Waals surface area contributed by atoms with Gasteiger partial charge < -0.3 is 15.4 Å². The van der Waals surface area contributed by atoms with Crippen molar-refractivity contribution in [2.45, 2.75) is 31.7 Å². The van der Waals surface area contributed by atoms with Gasteiger partial charge >= 0.3 is 0 Å². The summed E-state index contributed by atoms with van der Waals surface area (Å²) in [6, 6.07) is 7.22. The van der Waals surface area contributed by atoms with E-state index in [1.807, 2.05) is 19.2 Å². The van der Waals surface area contributed by atoms with Crippen molar-refractivity contribution in [1.29, 1.82) is 0 Å². The molecule has 0 heterocycles. The average molecular weight is 311 g/mol. The number of amides is 1. The van der Waals surface area contributed by atoms with Crippen LogP contribution < -0.4 is 10.5 Å². The second-order valence-electron chi connectivity index (χ2n) is 5.62. The van der Waals surface area contributed by atoms with E-state index in [0.717, 1.165) is 31.4 Å². The summed E-state index contributed by atoms with van der Waals surface area (Å²) in [4.78, 5) is 14.1. The van der Waals surface area contributed by atoms with Crippen LogP contribution in [-0.2, 0) is 4.79 Å². The average Bonchev–Trinajstić information content (AvgIpc) is 2.49. The van der Waals surface area contributed by atoms with E-state index in [1.54, 1.807) is 17.0 Å². The van der Waals surface area contributed by atoms with E-state index in [0.29, 0.717) is 18.2 Å². The molecule has 5 heteroatoms. The standard InChI is InChI=1S/C16H23ClN2O2/c1-19(16(20)14-4-2-3-5-15(14)18)10-11-21-13-8-6-12(17)7-9-13/h6-9,14-15H,2-5,10-11,18H2,1H3. The Hall–Kier alpha value is -1.26. The van der Waals surface area contributed by atoms with Crippen LogP contribution in [0.2, 0.25) is 5.02 Å². The van der Waals surface area contributed by atoms with Crippen molar-refractivity contribution >= 4 is 17.5 Å². The van der Waals surface area contributed by atoms with Crippen LogP contribution in [-0.4, -0.2) is 37.0 Å². The Bertz CT molecular complexity index is 464. The Kier molecular flexibility index (Phi) is 5.88. The zero-order valence-electron chi connectivity index (χ0n) is 12.4. The van der Waals surface area contributed by atoms with E-state index >= 15 is 0 Å². The van der Waals surface area contributed by atoms with Crippen molar-refractivity contribution in [2.24, 2.45) is 11.7 Å². The molecule has 1 amide bonds. The molecule has 0 radical (unpaired) electrons. The Balaban J connectivity index is 1.77. The quantitative estimate of drug-likeness (QED) is 0.909. The minimum atomic E-state index is -0.0284. The molecule has 1 saturated carbocycles. The predicted octanol–water partition coefficient (Wildman–Crippen LogP) is 2.69. The second kappa shape index (κ2) is 7.66. The lowest BCUT2D eigenvalue weighted by Crippen LogP contribution is -2.45. The molecule has 21 heavy (non-hydrogen) atoms. The summed E-state index contributed by atoms with van der Waals surface area (Å²) in [5, 5.41) is 0.681. The number of ether oxygens (including phenoxy) is 1. The maximum atomic E-state index is 12.4. The molecule has 2 N–H and O–H groups in total. The monoisotopic (exact) mass is 310 g/mol. The van der Waals surface area contributed by atoms with Crippen LogP contribution in [0.5, 0.6) is 5.75 Å². The van der Waals surface area contributed by atoms with Gasteiger partial charge in [-0.2, -0.15) is 0 Å². The van der Waals surface area contributed by atoms with Crippen molar-refractivity contribution < 1.29 is 9.53 Å².